The van der Waals surface area contributed by atoms with Crippen molar-refractivity contribution in [2.75, 3.05) is 0 Å². The van der Waals surface area contributed by atoms with E-state index in [0.29, 0.717) is 34.9 Å². The third-order valence-corrected chi connectivity index (χ3v) is 20.9. The van der Waals surface area contributed by atoms with Crippen molar-refractivity contribution in [3.63, 3.8) is 0 Å². The minimum Gasteiger partial charge on any atom is -0.309 e. The van der Waals surface area contributed by atoms with Crippen LogP contribution in [0.25, 0.3) is 200 Å². The molecule has 0 aliphatic rings. The molecule has 0 aliphatic carbocycles. The molecule has 0 N–H and O–H groups in total. The molecular weight excluding hydrogens is 1310 g/mol. The first-order valence-corrected chi connectivity index (χ1v) is 36.5. The summed E-state index contributed by atoms with van der Waals surface area (Å²) in [6.45, 7) is 0. The molecule has 21 rings (SSSR count). The summed E-state index contributed by atoms with van der Waals surface area (Å²) < 4.78 is 4.85. The summed E-state index contributed by atoms with van der Waals surface area (Å²) in [6, 6.07) is 137. The zero-order chi connectivity index (χ0) is 71.4. The van der Waals surface area contributed by atoms with E-state index in [1.807, 2.05) is 72.8 Å². The number of aromatic nitrogens is 8. The Morgan fingerprint density at radius 2 is 0.417 bits per heavy atom. The van der Waals surface area contributed by atoms with E-state index in [9.17, 15) is 0 Å². The fourth-order valence-electron chi connectivity index (χ4n) is 15.6. The fourth-order valence-corrected chi connectivity index (χ4v) is 15.6. The first-order valence-electron chi connectivity index (χ1n) is 36.5. The molecule has 0 amide bonds. The molecule has 4 heterocycles. The first kappa shape index (κ1) is 63.1. The number of benzene rings is 17. The average molecular weight is 1380 g/mol. The van der Waals surface area contributed by atoms with Gasteiger partial charge in [0.25, 0.3) is 0 Å². The molecule has 0 bridgehead atoms. The van der Waals surface area contributed by atoms with Gasteiger partial charge in [0.1, 0.15) is 0 Å². The van der Waals surface area contributed by atoms with Gasteiger partial charge in [-0.3, -0.25) is 0 Å². The van der Waals surface area contributed by atoms with Crippen LogP contribution in [0.5, 0.6) is 0 Å². The van der Waals surface area contributed by atoms with Crippen LogP contribution in [0.15, 0.2) is 388 Å². The van der Waals surface area contributed by atoms with Gasteiger partial charge in [0.15, 0.2) is 34.9 Å². The third kappa shape index (κ3) is 11.5. The quantitative estimate of drug-likeness (QED) is 0.128. The molecule has 17 aromatic carbocycles. The van der Waals surface area contributed by atoms with Crippen molar-refractivity contribution in [2.24, 2.45) is 0 Å². The van der Waals surface area contributed by atoms with E-state index in [4.69, 9.17) is 29.9 Å². The third-order valence-electron chi connectivity index (χ3n) is 20.9. The Labute approximate surface area is 623 Å². The Morgan fingerprint density at radius 1 is 0.148 bits per heavy atom. The van der Waals surface area contributed by atoms with Gasteiger partial charge in [0.2, 0.25) is 0 Å². The molecule has 0 spiro atoms. The van der Waals surface area contributed by atoms with Crippen molar-refractivity contribution in [3.05, 3.63) is 388 Å². The maximum absolute atomic E-state index is 5.21. The van der Waals surface area contributed by atoms with Gasteiger partial charge in [-0.1, -0.05) is 328 Å². The molecular formula is C100H64N8. The van der Waals surface area contributed by atoms with Crippen molar-refractivity contribution < 1.29 is 0 Å². The Balaban J connectivity index is 0.000000143. The van der Waals surface area contributed by atoms with E-state index in [2.05, 4.69) is 325 Å². The summed E-state index contributed by atoms with van der Waals surface area (Å²) in [4.78, 5) is 30.7. The molecule has 21 aromatic rings. The van der Waals surface area contributed by atoms with Crippen LogP contribution in [0, 0.1) is 0 Å². The summed E-state index contributed by atoms with van der Waals surface area (Å²) in [5, 5.41) is 14.2. The minimum atomic E-state index is 0.629. The molecule has 108 heavy (non-hydrogen) atoms. The summed E-state index contributed by atoms with van der Waals surface area (Å²) >= 11 is 0. The second-order valence-electron chi connectivity index (χ2n) is 27.3. The molecule has 8 heteroatoms. The zero-order valence-corrected chi connectivity index (χ0v) is 58.5. The van der Waals surface area contributed by atoms with Crippen molar-refractivity contribution in [1.29, 1.82) is 0 Å². The SMILES string of the molecule is c1ccc(-c2ccc(-c3nc(-c4ccc(-c5ccccc5)cc4)nc(-c4ccc(-n5c6ccccc6c6cc7ccccc7cc65)c5ccccc45)n3)cc2)cc1.c1ccc(-c2ccc3c4cc5ccccc5cc4n(-c4ccc(-c5nc(-c6ccccc6)nc(-c6ccccc6)n5)c5ccccc45)c3c2)cc1. The minimum absolute atomic E-state index is 0.629. The van der Waals surface area contributed by atoms with Crippen LogP contribution in [0.1, 0.15) is 0 Å². The zero-order valence-electron chi connectivity index (χ0n) is 58.5. The van der Waals surface area contributed by atoms with E-state index < -0.39 is 0 Å². The number of nitrogens with zero attached hydrogens (tertiary/aromatic N) is 8. The van der Waals surface area contributed by atoms with Crippen LogP contribution in [0.3, 0.4) is 0 Å². The van der Waals surface area contributed by atoms with Crippen molar-refractivity contribution in [3.8, 4) is 113 Å². The molecule has 8 nitrogen and oxygen atoms in total. The second-order valence-corrected chi connectivity index (χ2v) is 27.3. The predicted molar refractivity (Wildman–Crippen MR) is 447 cm³/mol. The van der Waals surface area contributed by atoms with Crippen molar-refractivity contribution in [1.82, 2.24) is 39.0 Å². The van der Waals surface area contributed by atoms with Gasteiger partial charge < -0.3 is 9.13 Å². The maximum Gasteiger partial charge on any atom is 0.164 e. The van der Waals surface area contributed by atoms with Gasteiger partial charge in [-0.15, -0.1) is 0 Å². The molecule has 0 atom stereocenters. The number of hydrogen-bond acceptors (Lipinski definition) is 6. The van der Waals surface area contributed by atoms with Gasteiger partial charge in [-0.05, 0) is 126 Å². The van der Waals surface area contributed by atoms with Crippen LogP contribution in [-0.2, 0) is 0 Å². The monoisotopic (exact) mass is 1380 g/mol. The van der Waals surface area contributed by atoms with Crippen molar-refractivity contribution >= 4 is 86.7 Å². The lowest BCUT2D eigenvalue weighted by Gasteiger charge is -2.15. The number of hydrogen-bond donors (Lipinski definition) is 0. The fraction of sp³-hybridized carbons (Fsp3) is 0. The first-order chi connectivity index (χ1) is 53.5. The highest BCUT2D eigenvalue weighted by Gasteiger charge is 2.23. The lowest BCUT2D eigenvalue weighted by molar-refractivity contribution is 1.08. The summed E-state index contributed by atoms with van der Waals surface area (Å²) in [5.74, 6) is 3.83. The maximum atomic E-state index is 5.21. The van der Waals surface area contributed by atoms with E-state index in [-0.39, 0.29) is 0 Å². The highest BCUT2D eigenvalue weighted by molar-refractivity contribution is 6.17. The second kappa shape index (κ2) is 26.9. The normalized spacial score (nSPS) is 11.5. The average Bonchev–Trinajstić information content (AvgIpc) is 1.55. The number of fused-ring (bicyclic) bond motifs is 10. The van der Waals surface area contributed by atoms with Crippen LogP contribution in [-0.4, -0.2) is 39.0 Å². The van der Waals surface area contributed by atoms with E-state index in [0.717, 1.165) is 82.9 Å². The summed E-state index contributed by atoms with van der Waals surface area (Å²) in [6.07, 6.45) is 0. The van der Waals surface area contributed by atoms with Crippen molar-refractivity contribution in [2.45, 2.75) is 0 Å². The van der Waals surface area contributed by atoms with E-state index in [1.54, 1.807) is 0 Å². The van der Waals surface area contributed by atoms with Gasteiger partial charge >= 0.3 is 0 Å². The summed E-state index contributed by atoms with van der Waals surface area (Å²) in [5.41, 5.74) is 19.6. The standard InChI is InChI=1S/C53H34N4.C47H30N4/c1-3-13-35(14-4-1)37-23-27-39(28-24-37)51-54-52(40-29-25-38(26-30-40)36-15-5-2-6-16-36)56-53(55-51)46-31-32-49(44-20-10-9-19-43(44)46)57-48-22-12-11-21-45(48)47-33-41-17-7-8-18-42(41)34-50(47)57;1-4-14-31(15-5-1)36-24-25-39-41-28-34-20-10-11-21-35(34)29-44(41)51(43(39)30-36)42-27-26-40(37-22-12-13-23-38(37)42)47-49-45(32-16-6-2-7-17-32)48-46(50-47)33-18-8-3-9-19-33/h1-34H;1-30H. The van der Waals surface area contributed by atoms with E-state index >= 15 is 0 Å². The number of para-hydroxylation sites is 1. The van der Waals surface area contributed by atoms with Gasteiger partial charge in [0.05, 0.1) is 33.4 Å². The molecule has 0 radical (unpaired) electrons. The van der Waals surface area contributed by atoms with Crippen LogP contribution in [0.2, 0.25) is 0 Å². The molecule has 0 saturated carbocycles. The largest absolute Gasteiger partial charge is 0.309 e. The predicted octanol–water partition coefficient (Wildman–Crippen LogP) is 25.6. The highest BCUT2D eigenvalue weighted by Crippen LogP contribution is 2.43. The van der Waals surface area contributed by atoms with Crippen LogP contribution in [0.4, 0.5) is 0 Å². The Kier molecular flexibility index (Phi) is 15.7. The van der Waals surface area contributed by atoms with E-state index in [1.165, 1.54) is 81.9 Å². The van der Waals surface area contributed by atoms with Gasteiger partial charge in [-0.25, -0.2) is 29.9 Å². The molecule has 4 aromatic heterocycles. The van der Waals surface area contributed by atoms with Crippen LogP contribution >= 0.6 is 0 Å². The Morgan fingerprint density at radius 3 is 0.833 bits per heavy atom. The molecule has 0 aliphatic heterocycles. The lowest BCUT2D eigenvalue weighted by atomic mass is 10.0. The lowest BCUT2D eigenvalue weighted by Crippen LogP contribution is -2.02. The van der Waals surface area contributed by atoms with Crippen LogP contribution < -0.4 is 0 Å². The van der Waals surface area contributed by atoms with Gasteiger partial charge in [0, 0.05) is 65.7 Å². The molecule has 504 valence electrons. The van der Waals surface area contributed by atoms with Gasteiger partial charge in [-0.2, -0.15) is 0 Å². The topological polar surface area (TPSA) is 87.2 Å². The smallest absolute Gasteiger partial charge is 0.164 e. The molecule has 0 saturated heterocycles. The molecule has 0 fully saturated rings. The Hall–Kier alpha value is -14.6. The Bertz CT molecular complexity index is 6840. The highest BCUT2D eigenvalue weighted by atomic mass is 15.1. The molecule has 0 unspecified atom stereocenters. The summed E-state index contributed by atoms with van der Waals surface area (Å²) in [7, 11) is 0. The number of rotatable bonds is 11.